The van der Waals surface area contributed by atoms with Gasteiger partial charge in [0.1, 0.15) is 12.5 Å². The third-order valence-electron chi connectivity index (χ3n) is 6.85. The van der Waals surface area contributed by atoms with Crippen molar-refractivity contribution in [2.75, 3.05) is 33.4 Å². The van der Waals surface area contributed by atoms with Gasteiger partial charge in [0.05, 0.1) is 11.8 Å². The Kier molecular flexibility index (Phi) is 9.40. The minimum atomic E-state index is -0.568. The molecule has 2 aliphatic rings. The zero-order valence-electron chi connectivity index (χ0n) is 21.7. The van der Waals surface area contributed by atoms with E-state index in [-0.39, 0.29) is 25.1 Å². The van der Waals surface area contributed by atoms with E-state index < -0.39 is 36.0 Å². The molecule has 1 fully saturated rings. The number of carbonyl (C=O) groups is 1. The highest BCUT2D eigenvalue weighted by atomic mass is 19.1. The van der Waals surface area contributed by atoms with E-state index in [1.54, 1.807) is 26.2 Å². The van der Waals surface area contributed by atoms with Crippen LogP contribution >= 0.6 is 0 Å². The number of aliphatic imine (C=N–C) groups is 1. The molecular weight excluding hydrogens is 488 g/mol. The molecule has 2 aromatic rings. The monoisotopic (exact) mass is 521 g/mol. The summed E-state index contributed by atoms with van der Waals surface area (Å²) in [6, 6.07) is 12.4. The number of aliphatic hydroxyl groups is 1. The number of hydrogen-bond acceptors (Lipinski definition) is 6. The van der Waals surface area contributed by atoms with E-state index in [0.717, 1.165) is 25.2 Å². The van der Waals surface area contributed by atoms with Gasteiger partial charge in [0, 0.05) is 75.4 Å². The van der Waals surface area contributed by atoms with E-state index in [0.29, 0.717) is 17.2 Å². The van der Waals surface area contributed by atoms with E-state index in [2.05, 4.69) is 27.0 Å². The number of methoxy groups -OCH3 is 1. The van der Waals surface area contributed by atoms with E-state index in [1.807, 2.05) is 24.3 Å². The second-order valence-corrected chi connectivity index (χ2v) is 9.83. The molecule has 8 heteroatoms. The number of nitrogens with one attached hydrogen (secondary N) is 1. The third kappa shape index (κ3) is 7.13. The maximum Gasteiger partial charge on any atom is 0.204 e. The van der Waals surface area contributed by atoms with Gasteiger partial charge in [-0.25, -0.2) is 8.78 Å². The first-order chi connectivity index (χ1) is 18.4. The van der Waals surface area contributed by atoms with Crippen molar-refractivity contribution >= 4 is 12.0 Å². The lowest BCUT2D eigenvalue weighted by molar-refractivity contribution is -0.117. The van der Waals surface area contributed by atoms with Gasteiger partial charge in [-0.3, -0.25) is 14.7 Å². The second kappa shape index (κ2) is 12.9. The molecule has 2 atom stereocenters. The van der Waals surface area contributed by atoms with Gasteiger partial charge >= 0.3 is 0 Å². The molecule has 2 N–H and O–H groups in total. The van der Waals surface area contributed by atoms with Crippen molar-refractivity contribution < 1.29 is 23.4 Å². The van der Waals surface area contributed by atoms with Crippen LogP contribution in [-0.2, 0) is 16.1 Å². The zero-order chi connectivity index (χ0) is 27.1. The van der Waals surface area contributed by atoms with Crippen molar-refractivity contribution in [2.45, 2.75) is 44.4 Å². The standard InChI is InChI=1S/C30H33F2N3O3/c1-20(15-31)34-16-24(14-28-30(37)29(36)11-12-33-28)26-10-9-22(13-27(26)32)6-3-21-4-7-23(8-5-21)17-35-18-25(19-35)38-2/h4-5,7-10,12-13,20,24-25,34,37H,11,14-19H2,1-2H3/t20-,24?/m0/s1. The van der Waals surface area contributed by atoms with Crippen molar-refractivity contribution in [3.63, 3.8) is 0 Å². The van der Waals surface area contributed by atoms with Crippen LogP contribution in [0.4, 0.5) is 8.78 Å². The Morgan fingerprint density at radius 2 is 1.89 bits per heavy atom. The van der Waals surface area contributed by atoms with Crippen LogP contribution in [0.15, 0.2) is 58.9 Å². The van der Waals surface area contributed by atoms with Crippen molar-refractivity contribution in [1.82, 2.24) is 10.2 Å². The van der Waals surface area contributed by atoms with Gasteiger partial charge in [0.15, 0.2) is 5.76 Å². The number of hydrogen-bond donors (Lipinski definition) is 2. The molecule has 0 saturated carbocycles. The average molecular weight is 522 g/mol. The first kappa shape index (κ1) is 27.6. The largest absolute Gasteiger partial charge is 0.503 e. The summed E-state index contributed by atoms with van der Waals surface area (Å²) in [5.41, 5.74) is 3.15. The van der Waals surface area contributed by atoms with E-state index in [9.17, 15) is 14.3 Å². The number of aliphatic hydroxyl groups excluding tert-OH is 1. The SMILES string of the molecule is COC1CN(Cc2ccc(C#Cc3ccc(C(CN[C@@H](C)CF)CC4=C(O)C(=O)CC=N4)c(F)c3)cc2)C1. The molecule has 0 bridgehead atoms. The van der Waals surface area contributed by atoms with Crippen molar-refractivity contribution in [3.05, 3.63) is 82.0 Å². The molecule has 0 aromatic heterocycles. The van der Waals surface area contributed by atoms with Gasteiger partial charge < -0.3 is 15.2 Å². The third-order valence-corrected chi connectivity index (χ3v) is 6.85. The second-order valence-electron chi connectivity index (χ2n) is 9.83. The minimum Gasteiger partial charge on any atom is -0.503 e. The summed E-state index contributed by atoms with van der Waals surface area (Å²) in [7, 11) is 1.74. The molecule has 1 unspecified atom stereocenters. The quantitative estimate of drug-likeness (QED) is 0.457. The molecule has 2 aromatic carbocycles. The molecule has 0 amide bonds. The minimum absolute atomic E-state index is 0.0365. The van der Waals surface area contributed by atoms with Gasteiger partial charge in [0.25, 0.3) is 0 Å². The van der Waals surface area contributed by atoms with Gasteiger partial charge in [-0.05, 0) is 42.3 Å². The highest BCUT2D eigenvalue weighted by molar-refractivity contribution is 6.03. The number of rotatable bonds is 10. The Balaban J connectivity index is 1.45. The molecule has 4 rings (SSSR count). The van der Waals surface area contributed by atoms with E-state index >= 15 is 4.39 Å². The first-order valence-electron chi connectivity index (χ1n) is 12.8. The molecular formula is C30H33F2N3O3. The number of alkyl halides is 1. The normalized spacial score (nSPS) is 17.6. The van der Waals surface area contributed by atoms with Crippen LogP contribution in [0.2, 0.25) is 0 Å². The number of allylic oxidation sites excluding steroid dienone is 2. The zero-order valence-corrected chi connectivity index (χ0v) is 21.7. The van der Waals surface area contributed by atoms with Gasteiger partial charge in [0.2, 0.25) is 5.78 Å². The van der Waals surface area contributed by atoms with Crippen LogP contribution in [-0.4, -0.2) is 67.6 Å². The van der Waals surface area contributed by atoms with Gasteiger partial charge in [-0.2, -0.15) is 0 Å². The summed E-state index contributed by atoms with van der Waals surface area (Å²) in [5.74, 6) is 4.36. The fraction of sp³-hybridized carbons (Fsp3) is 0.400. The number of ketones is 1. The number of Topliss-reactive ketones (excluding diaryl/α,β-unsaturated/α-hetero) is 1. The smallest absolute Gasteiger partial charge is 0.204 e. The molecule has 0 aliphatic carbocycles. The molecule has 0 spiro atoms. The summed E-state index contributed by atoms with van der Waals surface area (Å²) in [6.07, 6.45) is 1.94. The average Bonchev–Trinajstić information content (AvgIpc) is 2.90. The summed E-state index contributed by atoms with van der Waals surface area (Å²) >= 11 is 0. The Bertz CT molecular complexity index is 1260. The topological polar surface area (TPSA) is 74.2 Å². The highest BCUT2D eigenvalue weighted by Crippen LogP contribution is 2.29. The Morgan fingerprint density at radius 1 is 1.18 bits per heavy atom. The van der Waals surface area contributed by atoms with Crippen LogP contribution in [0.5, 0.6) is 0 Å². The van der Waals surface area contributed by atoms with Gasteiger partial charge in [-0.15, -0.1) is 0 Å². The Labute approximate surface area is 222 Å². The Morgan fingerprint density at radius 3 is 2.58 bits per heavy atom. The number of benzene rings is 2. The predicted octanol–water partition coefficient (Wildman–Crippen LogP) is 4.29. The fourth-order valence-corrected chi connectivity index (χ4v) is 4.46. The molecule has 38 heavy (non-hydrogen) atoms. The van der Waals surface area contributed by atoms with Crippen molar-refractivity contribution in [1.29, 1.82) is 0 Å². The number of halogens is 2. The molecule has 6 nitrogen and oxygen atoms in total. The Hall–Kier alpha value is -3.38. The number of nitrogens with zero attached hydrogens (tertiary/aromatic N) is 2. The van der Waals surface area contributed by atoms with Crippen molar-refractivity contribution in [3.8, 4) is 11.8 Å². The van der Waals surface area contributed by atoms with E-state index in [4.69, 9.17) is 4.74 Å². The highest BCUT2D eigenvalue weighted by Gasteiger charge is 2.26. The number of ether oxygens (including phenoxy) is 1. The van der Waals surface area contributed by atoms with Crippen LogP contribution in [0.25, 0.3) is 0 Å². The maximum atomic E-state index is 15.3. The van der Waals surface area contributed by atoms with E-state index in [1.165, 1.54) is 17.8 Å². The van der Waals surface area contributed by atoms with Crippen LogP contribution in [0.1, 0.15) is 47.9 Å². The summed E-state index contributed by atoms with van der Waals surface area (Å²) < 4.78 is 33.6. The fourth-order valence-electron chi connectivity index (χ4n) is 4.46. The lowest BCUT2D eigenvalue weighted by Gasteiger charge is -2.38. The molecule has 0 radical (unpaired) electrons. The summed E-state index contributed by atoms with van der Waals surface area (Å²) in [6.45, 7) is 4.13. The van der Waals surface area contributed by atoms with Crippen LogP contribution < -0.4 is 5.32 Å². The number of likely N-dealkylation sites (tertiary alicyclic amines) is 1. The molecule has 200 valence electrons. The predicted molar refractivity (Wildman–Crippen MR) is 143 cm³/mol. The molecule has 2 heterocycles. The molecule has 2 aliphatic heterocycles. The van der Waals surface area contributed by atoms with Crippen LogP contribution in [0.3, 0.4) is 0 Å². The van der Waals surface area contributed by atoms with Crippen LogP contribution in [0, 0.1) is 17.7 Å². The van der Waals surface area contributed by atoms with Gasteiger partial charge in [-0.1, -0.05) is 30.0 Å². The maximum absolute atomic E-state index is 15.3. The lowest BCUT2D eigenvalue weighted by atomic mass is 9.91. The summed E-state index contributed by atoms with van der Waals surface area (Å²) in [4.78, 5) is 18.3. The lowest BCUT2D eigenvalue weighted by Crippen LogP contribution is -2.50. The molecule has 1 saturated heterocycles. The summed E-state index contributed by atoms with van der Waals surface area (Å²) in [5, 5.41) is 13.2. The van der Waals surface area contributed by atoms with Crippen molar-refractivity contribution in [2.24, 2.45) is 4.99 Å². The first-order valence-corrected chi connectivity index (χ1v) is 12.8. The number of carbonyl (C=O) groups excluding carboxylic acids is 1.